The normalized spacial score (nSPS) is 13.1. The molecular formula is C51H30N4OS. The topological polar surface area (TPSA) is 56.7 Å². The summed E-state index contributed by atoms with van der Waals surface area (Å²) in [7, 11) is 0. The van der Waals surface area contributed by atoms with Gasteiger partial charge in [0, 0.05) is 64.1 Å². The molecule has 6 heteroatoms. The minimum absolute atomic E-state index is 0.160. The minimum Gasteiger partial charge on any atom is -0.456 e. The second-order valence-corrected chi connectivity index (χ2v) is 15.1. The molecule has 0 aliphatic heterocycles. The third kappa shape index (κ3) is 5.12. The van der Waals surface area contributed by atoms with Crippen molar-refractivity contribution in [1.29, 1.82) is 0 Å². The number of rotatable bonds is 5. The van der Waals surface area contributed by atoms with Crippen LogP contribution in [0.2, 0.25) is 0 Å². The van der Waals surface area contributed by atoms with Crippen molar-refractivity contribution in [2.45, 2.75) is 0 Å². The second kappa shape index (κ2) is 12.6. The smallest absolute Gasteiger partial charge is 0.165 e. The number of para-hydroxylation sites is 3. The van der Waals surface area contributed by atoms with Crippen LogP contribution in [0, 0.1) is 0 Å². The maximum atomic E-state index is 8.79. The molecule has 8 aromatic carbocycles. The van der Waals surface area contributed by atoms with Crippen molar-refractivity contribution in [2.24, 2.45) is 0 Å². The van der Waals surface area contributed by atoms with Gasteiger partial charge in [0.15, 0.2) is 17.5 Å². The lowest BCUT2D eigenvalue weighted by Gasteiger charge is -2.13. The molecule has 0 saturated heterocycles. The highest BCUT2D eigenvalue weighted by Gasteiger charge is 2.21. The summed E-state index contributed by atoms with van der Waals surface area (Å²) in [6.07, 6.45) is 0. The molecule has 12 rings (SSSR count). The standard InChI is InChI=1S/C51H30N4OS/c1-3-13-31(14-4-1)33-24-26-47-40(27-33)41-29-35(55-43-20-10-7-17-36(43)37-18-8-11-21-44(37)55)30-42(48(41)57-47)51-53-49(32-15-5-2-6-16-32)52-50(54-51)34-23-25-46-39(28-34)38-19-9-12-22-45(38)56-46/h1-30H/i1D,3D,4D,13D,14D. The van der Waals surface area contributed by atoms with Crippen LogP contribution in [0.4, 0.5) is 0 Å². The Balaban J connectivity index is 1.17. The van der Waals surface area contributed by atoms with E-state index in [-0.39, 0.29) is 29.7 Å². The summed E-state index contributed by atoms with van der Waals surface area (Å²) in [6, 6.07) is 49.2. The van der Waals surface area contributed by atoms with Crippen molar-refractivity contribution in [3.63, 3.8) is 0 Å². The fourth-order valence-electron chi connectivity index (χ4n) is 8.12. The number of nitrogens with zero attached hydrogens (tertiary/aromatic N) is 4. The van der Waals surface area contributed by atoms with Crippen LogP contribution < -0.4 is 0 Å². The summed E-state index contributed by atoms with van der Waals surface area (Å²) in [4.78, 5) is 15.6. The Morgan fingerprint density at radius 1 is 0.456 bits per heavy atom. The minimum atomic E-state index is -0.420. The van der Waals surface area contributed by atoms with Gasteiger partial charge in [0.05, 0.1) is 17.9 Å². The highest BCUT2D eigenvalue weighted by atomic mass is 32.1. The summed E-state index contributed by atoms with van der Waals surface area (Å²) < 4.78 is 53.0. The summed E-state index contributed by atoms with van der Waals surface area (Å²) >= 11 is 1.61. The summed E-state index contributed by atoms with van der Waals surface area (Å²) in [5.41, 5.74) is 7.74. The molecule has 0 amide bonds. The van der Waals surface area contributed by atoms with E-state index < -0.39 is 6.04 Å². The van der Waals surface area contributed by atoms with E-state index in [1.54, 1.807) is 11.3 Å². The monoisotopic (exact) mass is 751 g/mol. The van der Waals surface area contributed by atoms with Crippen LogP contribution in [-0.4, -0.2) is 19.5 Å². The van der Waals surface area contributed by atoms with E-state index in [4.69, 9.17) is 26.2 Å². The number of aromatic nitrogens is 4. The molecule has 0 unspecified atom stereocenters. The second-order valence-electron chi connectivity index (χ2n) is 14.0. The molecule has 0 N–H and O–H groups in total. The first kappa shape index (κ1) is 27.2. The molecule has 0 fully saturated rings. The molecule has 0 aliphatic carbocycles. The van der Waals surface area contributed by atoms with E-state index in [2.05, 4.69) is 65.2 Å². The van der Waals surface area contributed by atoms with Crippen molar-refractivity contribution in [2.75, 3.05) is 0 Å². The maximum Gasteiger partial charge on any atom is 0.165 e. The first-order valence-corrected chi connectivity index (χ1v) is 19.4. The predicted molar refractivity (Wildman–Crippen MR) is 236 cm³/mol. The summed E-state index contributed by atoms with van der Waals surface area (Å²) in [5.74, 6) is 1.54. The van der Waals surface area contributed by atoms with Gasteiger partial charge < -0.3 is 8.98 Å². The zero-order valence-electron chi connectivity index (χ0n) is 35.0. The Morgan fingerprint density at radius 2 is 1.09 bits per heavy atom. The first-order chi connectivity index (χ1) is 30.3. The third-order valence-electron chi connectivity index (χ3n) is 10.7. The molecule has 0 aliphatic rings. The fourth-order valence-corrected chi connectivity index (χ4v) is 9.29. The van der Waals surface area contributed by atoms with E-state index in [1.807, 2.05) is 91.0 Å². The summed E-state index contributed by atoms with van der Waals surface area (Å²) in [6.45, 7) is 0. The molecule has 0 atom stereocenters. The van der Waals surface area contributed by atoms with E-state index in [0.717, 1.165) is 86.3 Å². The Kier molecular flexibility index (Phi) is 6.00. The highest BCUT2D eigenvalue weighted by Crippen LogP contribution is 2.44. The Morgan fingerprint density at radius 3 is 1.88 bits per heavy atom. The van der Waals surface area contributed by atoms with Gasteiger partial charge in [-0.25, -0.2) is 15.0 Å². The van der Waals surface area contributed by atoms with E-state index in [9.17, 15) is 0 Å². The SMILES string of the molecule is [2H]c1c([2H])c([2H])c(-c2ccc3sc4c(-c5nc(-c6ccccc6)nc(-c6ccc7oc8ccccc8c7c6)n5)cc(-n5c6ccccc6c6ccccc65)cc4c3c2)c([2H])c1[2H]. The summed E-state index contributed by atoms with van der Waals surface area (Å²) in [5, 5.41) is 6.03. The molecule has 0 bridgehead atoms. The predicted octanol–water partition coefficient (Wildman–Crippen LogP) is 13.9. The molecule has 0 radical (unpaired) electrons. The maximum absolute atomic E-state index is 8.79. The zero-order chi connectivity index (χ0) is 41.8. The number of hydrogen-bond donors (Lipinski definition) is 0. The van der Waals surface area contributed by atoms with Crippen molar-refractivity contribution < 1.29 is 11.3 Å². The molecule has 12 aromatic rings. The van der Waals surface area contributed by atoms with Crippen molar-refractivity contribution in [1.82, 2.24) is 19.5 Å². The molecule has 57 heavy (non-hydrogen) atoms. The van der Waals surface area contributed by atoms with Gasteiger partial charge in [0.25, 0.3) is 0 Å². The van der Waals surface area contributed by atoms with Gasteiger partial charge in [0.1, 0.15) is 11.2 Å². The molecule has 0 spiro atoms. The van der Waals surface area contributed by atoms with Crippen LogP contribution in [0.1, 0.15) is 6.85 Å². The van der Waals surface area contributed by atoms with Crippen LogP contribution in [0.3, 0.4) is 0 Å². The molecule has 4 heterocycles. The Bertz CT molecular complexity index is 3760. The van der Waals surface area contributed by atoms with Crippen LogP contribution in [0.25, 0.3) is 115 Å². The lowest BCUT2D eigenvalue weighted by atomic mass is 10.0. The highest BCUT2D eigenvalue weighted by molar-refractivity contribution is 7.26. The number of hydrogen-bond acceptors (Lipinski definition) is 5. The molecule has 4 aromatic heterocycles. The van der Waals surface area contributed by atoms with Gasteiger partial charge in [-0.15, -0.1) is 11.3 Å². The Hall–Kier alpha value is -7.41. The van der Waals surface area contributed by atoms with Crippen molar-refractivity contribution in [3.8, 4) is 51.0 Å². The molecule has 5 nitrogen and oxygen atoms in total. The zero-order valence-corrected chi connectivity index (χ0v) is 30.9. The first-order valence-electron chi connectivity index (χ1n) is 21.1. The van der Waals surface area contributed by atoms with Crippen molar-refractivity contribution in [3.05, 3.63) is 182 Å². The largest absolute Gasteiger partial charge is 0.456 e. The number of thiophene rings is 1. The van der Waals surface area contributed by atoms with Crippen LogP contribution in [0.5, 0.6) is 0 Å². The lowest BCUT2D eigenvalue weighted by Crippen LogP contribution is -2.01. The third-order valence-corrected chi connectivity index (χ3v) is 11.9. The number of fused-ring (bicyclic) bond motifs is 9. The van der Waals surface area contributed by atoms with E-state index >= 15 is 0 Å². The number of benzene rings is 8. The quantitative estimate of drug-likeness (QED) is 0.176. The average molecular weight is 752 g/mol. The van der Waals surface area contributed by atoms with E-state index in [1.165, 1.54) is 0 Å². The van der Waals surface area contributed by atoms with Crippen LogP contribution >= 0.6 is 11.3 Å². The van der Waals surface area contributed by atoms with Crippen molar-refractivity contribution >= 4 is 75.3 Å². The molecule has 266 valence electrons. The Labute approximate surface area is 337 Å². The van der Waals surface area contributed by atoms with Gasteiger partial charge in [-0.05, 0) is 71.8 Å². The van der Waals surface area contributed by atoms with Gasteiger partial charge >= 0.3 is 0 Å². The van der Waals surface area contributed by atoms with Gasteiger partial charge in [-0.1, -0.05) is 121 Å². The van der Waals surface area contributed by atoms with E-state index in [0.29, 0.717) is 23.0 Å². The van der Waals surface area contributed by atoms with Crippen LogP contribution in [0.15, 0.2) is 186 Å². The lowest BCUT2D eigenvalue weighted by molar-refractivity contribution is 0.669. The average Bonchev–Trinajstić information content (AvgIpc) is 3.99. The molecule has 0 saturated carbocycles. The van der Waals surface area contributed by atoms with Gasteiger partial charge in [-0.3, -0.25) is 0 Å². The van der Waals surface area contributed by atoms with Gasteiger partial charge in [0.2, 0.25) is 0 Å². The van der Waals surface area contributed by atoms with Gasteiger partial charge in [-0.2, -0.15) is 0 Å². The number of furan rings is 1. The fraction of sp³-hybridized carbons (Fsp3) is 0. The molecular weight excluding hydrogens is 717 g/mol. The van der Waals surface area contributed by atoms with Crippen LogP contribution in [-0.2, 0) is 0 Å².